The first-order valence-corrected chi connectivity index (χ1v) is 6.59. The van der Waals surface area contributed by atoms with Crippen LogP contribution in [0.15, 0.2) is 18.2 Å². The van der Waals surface area contributed by atoms with Gasteiger partial charge in [0.15, 0.2) is 0 Å². The minimum absolute atomic E-state index is 0.107. The fraction of sp³-hybridized carbons (Fsp3) is 0.500. The van der Waals surface area contributed by atoms with Gasteiger partial charge in [-0.2, -0.15) is 0 Å². The Labute approximate surface area is 114 Å². The zero-order valence-electron chi connectivity index (χ0n) is 11.8. The molecule has 0 spiro atoms. The molecule has 2 rings (SSSR count). The van der Waals surface area contributed by atoms with E-state index in [1.54, 1.807) is 13.1 Å². The van der Waals surface area contributed by atoms with Crippen LogP contribution >= 0.6 is 0 Å². The molecule has 104 valence electrons. The minimum Gasteiger partial charge on any atom is -0.397 e. The van der Waals surface area contributed by atoms with Gasteiger partial charge < -0.3 is 20.9 Å². The number of hydrogen-bond donors (Lipinski definition) is 2. The lowest BCUT2D eigenvalue weighted by Crippen LogP contribution is -2.50. The molecule has 5 heteroatoms. The van der Waals surface area contributed by atoms with Crippen LogP contribution in [0.2, 0.25) is 0 Å². The van der Waals surface area contributed by atoms with Crippen molar-refractivity contribution in [3.63, 3.8) is 0 Å². The van der Waals surface area contributed by atoms with Gasteiger partial charge in [0.2, 0.25) is 0 Å². The van der Waals surface area contributed by atoms with Gasteiger partial charge in [-0.15, -0.1) is 0 Å². The lowest BCUT2D eigenvalue weighted by atomic mass is 10.1. The molecule has 1 saturated heterocycles. The lowest BCUT2D eigenvalue weighted by Gasteiger charge is -2.40. The molecule has 1 aromatic carbocycles. The van der Waals surface area contributed by atoms with Gasteiger partial charge in [-0.05, 0) is 32.2 Å². The molecule has 1 amide bonds. The predicted molar refractivity (Wildman–Crippen MR) is 78.5 cm³/mol. The number of nitrogens with one attached hydrogen (secondary N) is 1. The summed E-state index contributed by atoms with van der Waals surface area (Å²) in [6.45, 7) is 5.21. The first-order valence-electron chi connectivity index (χ1n) is 6.59. The molecule has 1 fully saturated rings. The second-order valence-corrected chi connectivity index (χ2v) is 5.16. The summed E-state index contributed by atoms with van der Waals surface area (Å²) in [6.07, 6.45) is 0. The van der Waals surface area contributed by atoms with Crippen molar-refractivity contribution in [2.45, 2.75) is 13.0 Å². The summed E-state index contributed by atoms with van der Waals surface area (Å²) in [5.74, 6) is -0.107. The van der Waals surface area contributed by atoms with Crippen LogP contribution in [0.3, 0.4) is 0 Å². The normalized spacial score (nSPS) is 20.4. The molecule has 0 radical (unpaired) electrons. The van der Waals surface area contributed by atoms with Crippen molar-refractivity contribution in [1.82, 2.24) is 10.2 Å². The number of likely N-dealkylation sites (N-methyl/N-ethyl adjacent to an activating group) is 1. The Morgan fingerprint density at radius 2 is 2.16 bits per heavy atom. The van der Waals surface area contributed by atoms with Crippen LogP contribution in [0.25, 0.3) is 0 Å². The van der Waals surface area contributed by atoms with Crippen molar-refractivity contribution >= 4 is 17.3 Å². The molecule has 1 heterocycles. The van der Waals surface area contributed by atoms with Gasteiger partial charge in [-0.25, -0.2) is 0 Å². The largest absolute Gasteiger partial charge is 0.397 e. The fourth-order valence-corrected chi connectivity index (χ4v) is 2.60. The highest BCUT2D eigenvalue weighted by molar-refractivity contribution is 5.96. The Bertz CT molecular complexity index is 475. The highest BCUT2D eigenvalue weighted by Crippen LogP contribution is 2.27. The Morgan fingerprint density at radius 1 is 1.42 bits per heavy atom. The average Bonchev–Trinajstić information content (AvgIpc) is 2.38. The molecule has 1 aliphatic rings. The quantitative estimate of drug-likeness (QED) is 0.773. The van der Waals surface area contributed by atoms with Crippen LogP contribution < -0.4 is 16.0 Å². The van der Waals surface area contributed by atoms with E-state index in [2.05, 4.69) is 29.1 Å². The van der Waals surface area contributed by atoms with Crippen LogP contribution in [0, 0.1) is 0 Å². The summed E-state index contributed by atoms with van der Waals surface area (Å²) in [5, 5.41) is 2.61. The van der Waals surface area contributed by atoms with E-state index in [1.807, 2.05) is 12.1 Å². The summed E-state index contributed by atoms with van der Waals surface area (Å²) in [4.78, 5) is 16.2. The average molecular weight is 262 g/mol. The monoisotopic (exact) mass is 262 g/mol. The number of benzene rings is 1. The summed E-state index contributed by atoms with van der Waals surface area (Å²) in [7, 11) is 3.75. The van der Waals surface area contributed by atoms with E-state index in [0.717, 1.165) is 25.3 Å². The maximum Gasteiger partial charge on any atom is 0.251 e. The van der Waals surface area contributed by atoms with E-state index in [1.165, 1.54) is 0 Å². The third kappa shape index (κ3) is 2.81. The van der Waals surface area contributed by atoms with Crippen molar-refractivity contribution in [2.75, 3.05) is 44.4 Å². The molecule has 0 bridgehead atoms. The highest BCUT2D eigenvalue weighted by Gasteiger charge is 2.23. The Hall–Kier alpha value is -1.75. The molecule has 0 saturated carbocycles. The van der Waals surface area contributed by atoms with Gasteiger partial charge in [0, 0.05) is 38.3 Å². The Kier molecular flexibility index (Phi) is 3.95. The molecule has 0 aromatic heterocycles. The zero-order valence-corrected chi connectivity index (χ0v) is 11.8. The molecule has 1 aliphatic heterocycles. The van der Waals surface area contributed by atoms with E-state index in [-0.39, 0.29) is 5.91 Å². The number of nitrogen functional groups attached to an aromatic ring is 1. The fourth-order valence-electron chi connectivity index (χ4n) is 2.60. The number of anilines is 2. The SMILES string of the molecule is CNC(=O)c1ccc(N2CCN(C)CC2C)c(N)c1. The number of rotatable bonds is 2. The molecular formula is C14H22N4O. The van der Waals surface area contributed by atoms with Crippen molar-refractivity contribution < 1.29 is 4.79 Å². The van der Waals surface area contributed by atoms with E-state index in [9.17, 15) is 4.79 Å². The van der Waals surface area contributed by atoms with Gasteiger partial charge in [0.25, 0.3) is 5.91 Å². The Balaban J connectivity index is 2.23. The minimum atomic E-state index is -0.107. The maximum absolute atomic E-state index is 11.6. The zero-order chi connectivity index (χ0) is 14.0. The van der Waals surface area contributed by atoms with E-state index in [0.29, 0.717) is 17.3 Å². The number of nitrogens with two attached hydrogens (primary N) is 1. The molecule has 5 nitrogen and oxygen atoms in total. The number of nitrogens with zero attached hydrogens (tertiary/aromatic N) is 2. The van der Waals surface area contributed by atoms with Crippen LogP contribution in [0.5, 0.6) is 0 Å². The molecule has 1 aromatic rings. The van der Waals surface area contributed by atoms with E-state index >= 15 is 0 Å². The second kappa shape index (κ2) is 5.48. The van der Waals surface area contributed by atoms with Crippen molar-refractivity contribution in [1.29, 1.82) is 0 Å². The number of amides is 1. The topological polar surface area (TPSA) is 61.6 Å². The van der Waals surface area contributed by atoms with Gasteiger partial charge in [-0.1, -0.05) is 0 Å². The number of carbonyl (C=O) groups is 1. The van der Waals surface area contributed by atoms with Gasteiger partial charge in [0.1, 0.15) is 0 Å². The molecule has 19 heavy (non-hydrogen) atoms. The van der Waals surface area contributed by atoms with Crippen LogP contribution in [-0.4, -0.2) is 50.6 Å². The first-order chi connectivity index (χ1) is 9.02. The Morgan fingerprint density at radius 3 is 2.74 bits per heavy atom. The van der Waals surface area contributed by atoms with Crippen molar-refractivity contribution in [2.24, 2.45) is 0 Å². The van der Waals surface area contributed by atoms with Crippen LogP contribution in [0.4, 0.5) is 11.4 Å². The summed E-state index contributed by atoms with van der Waals surface area (Å²) in [6, 6.07) is 5.95. The third-order valence-electron chi connectivity index (χ3n) is 3.66. The smallest absolute Gasteiger partial charge is 0.251 e. The molecule has 3 N–H and O–H groups in total. The molecule has 0 aliphatic carbocycles. The number of carbonyl (C=O) groups excluding carboxylic acids is 1. The highest BCUT2D eigenvalue weighted by atomic mass is 16.1. The molecular weight excluding hydrogens is 240 g/mol. The van der Waals surface area contributed by atoms with E-state index in [4.69, 9.17) is 5.73 Å². The number of piperazine rings is 1. The lowest BCUT2D eigenvalue weighted by molar-refractivity contribution is 0.0963. The van der Waals surface area contributed by atoms with Crippen LogP contribution in [-0.2, 0) is 0 Å². The number of hydrogen-bond acceptors (Lipinski definition) is 4. The summed E-state index contributed by atoms with van der Waals surface area (Å²) < 4.78 is 0. The summed E-state index contributed by atoms with van der Waals surface area (Å²) in [5.41, 5.74) is 8.39. The van der Waals surface area contributed by atoms with Gasteiger partial charge in [0.05, 0.1) is 11.4 Å². The van der Waals surface area contributed by atoms with Crippen LogP contribution in [0.1, 0.15) is 17.3 Å². The summed E-state index contributed by atoms with van der Waals surface area (Å²) >= 11 is 0. The second-order valence-electron chi connectivity index (χ2n) is 5.16. The van der Waals surface area contributed by atoms with Gasteiger partial charge >= 0.3 is 0 Å². The van der Waals surface area contributed by atoms with Crippen molar-refractivity contribution in [3.8, 4) is 0 Å². The van der Waals surface area contributed by atoms with Gasteiger partial charge in [-0.3, -0.25) is 4.79 Å². The van der Waals surface area contributed by atoms with E-state index < -0.39 is 0 Å². The van der Waals surface area contributed by atoms with Crippen molar-refractivity contribution in [3.05, 3.63) is 23.8 Å². The molecule has 1 atom stereocenters. The maximum atomic E-state index is 11.6. The predicted octanol–water partition coefficient (Wildman–Crippen LogP) is 0.769. The third-order valence-corrected chi connectivity index (χ3v) is 3.66. The standard InChI is InChI=1S/C14H22N4O/c1-10-9-17(3)6-7-18(10)13-5-4-11(8-12(13)15)14(19)16-2/h4-5,8,10H,6-7,9,15H2,1-3H3,(H,16,19). The first kappa shape index (κ1) is 13.7. The molecule has 1 unspecified atom stereocenters.